The van der Waals surface area contributed by atoms with Crippen molar-refractivity contribution in [3.05, 3.63) is 29.6 Å². The number of aliphatic hydroxyl groups excluding tert-OH is 1. The quantitative estimate of drug-likeness (QED) is 0.806. The van der Waals surface area contributed by atoms with E-state index >= 15 is 0 Å². The van der Waals surface area contributed by atoms with Gasteiger partial charge in [-0.25, -0.2) is 0 Å². The molecule has 4 nitrogen and oxygen atoms in total. The number of nitrogens with one attached hydrogen (secondary N) is 1. The number of aryl methyl sites for hydroxylation is 1. The fourth-order valence-corrected chi connectivity index (χ4v) is 1.89. The smallest absolute Gasteiger partial charge is 0.226 e. The minimum absolute atomic E-state index is 0.0348. The molecule has 1 amide bonds. The third-order valence-corrected chi connectivity index (χ3v) is 3.51. The van der Waals surface area contributed by atoms with E-state index in [2.05, 4.69) is 10.3 Å². The topological polar surface area (TPSA) is 62.2 Å². The molecule has 1 rings (SSSR count). The number of carbonyl (C=O) groups is 1. The molecule has 2 N–H and O–H groups in total. The first-order chi connectivity index (χ1) is 8.56. The van der Waals surface area contributed by atoms with E-state index in [9.17, 15) is 9.90 Å². The van der Waals surface area contributed by atoms with E-state index in [0.717, 1.165) is 11.3 Å². The number of aliphatic hydroxyl groups is 1. The molecule has 100 valence electrons. The van der Waals surface area contributed by atoms with E-state index in [1.54, 1.807) is 6.20 Å². The van der Waals surface area contributed by atoms with Crippen molar-refractivity contribution in [2.75, 3.05) is 6.61 Å². The van der Waals surface area contributed by atoms with Crippen LogP contribution in [0.3, 0.4) is 0 Å². The Labute approximate surface area is 108 Å². The first kappa shape index (κ1) is 14.6. The Bertz CT molecular complexity index is 392. The van der Waals surface area contributed by atoms with Crippen LogP contribution < -0.4 is 5.32 Å². The molecule has 0 radical (unpaired) electrons. The SMILES string of the molecule is CCC(CC)(CO)NC(=O)Cc1ncccc1C. The van der Waals surface area contributed by atoms with E-state index < -0.39 is 5.54 Å². The van der Waals surface area contributed by atoms with Crippen molar-refractivity contribution in [3.8, 4) is 0 Å². The zero-order chi connectivity index (χ0) is 13.6. The fraction of sp³-hybridized carbons (Fsp3) is 0.571. The van der Waals surface area contributed by atoms with Crippen LogP contribution in [0.5, 0.6) is 0 Å². The number of pyridine rings is 1. The molecule has 0 aliphatic carbocycles. The minimum Gasteiger partial charge on any atom is -0.394 e. The number of nitrogens with zero attached hydrogens (tertiary/aromatic N) is 1. The van der Waals surface area contributed by atoms with Crippen LogP contribution in [0.2, 0.25) is 0 Å². The van der Waals surface area contributed by atoms with Crippen molar-refractivity contribution >= 4 is 5.91 Å². The second kappa shape index (κ2) is 6.50. The van der Waals surface area contributed by atoms with Crippen molar-refractivity contribution in [2.45, 2.75) is 45.6 Å². The van der Waals surface area contributed by atoms with Crippen LogP contribution in [0.25, 0.3) is 0 Å². The molecule has 1 aromatic rings. The Morgan fingerprint density at radius 3 is 2.61 bits per heavy atom. The first-order valence-corrected chi connectivity index (χ1v) is 6.39. The fourth-order valence-electron chi connectivity index (χ4n) is 1.89. The van der Waals surface area contributed by atoms with Gasteiger partial charge in [0.15, 0.2) is 0 Å². The maximum Gasteiger partial charge on any atom is 0.226 e. The molecule has 1 aromatic heterocycles. The highest BCUT2D eigenvalue weighted by atomic mass is 16.3. The average molecular weight is 250 g/mol. The molecule has 0 saturated carbocycles. The molecule has 0 spiro atoms. The zero-order valence-corrected chi connectivity index (χ0v) is 11.4. The molecule has 0 fully saturated rings. The predicted octanol–water partition coefficient (Wildman–Crippen LogP) is 1.60. The summed E-state index contributed by atoms with van der Waals surface area (Å²) >= 11 is 0. The molecule has 1 heterocycles. The molecular weight excluding hydrogens is 228 g/mol. The molecule has 18 heavy (non-hydrogen) atoms. The second-order valence-corrected chi connectivity index (χ2v) is 4.64. The van der Waals surface area contributed by atoms with Crippen LogP contribution in [-0.4, -0.2) is 28.1 Å². The number of hydrogen-bond acceptors (Lipinski definition) is 3. The third-order valence-electron chi connectivity index (χ3n) is 3.51. The van der Waals surface area contributed by atoms with Crippen molar-refractivity contribution in [1.82, 2.24) is 10.3 Å². The summed E-state index contributed by atoms with van der Waals surface area (Å²) in [5.74, 6) is -0.0884. The molecular formula is C14H22N2O2. The van der Waals surface area contributed by atoms with Crippen LogP contribution in [0.4, 0.5) is 0 Å². The van der Waals surface area contributed by atoms with Crippen LogP contribution in [-0.2, 0) is 11.2 Å². The molecule has 0 aliphatic heterocycles. The van der Waals surface area contributed by atoms with Crippen molar-refractivity contribution in [2.24, 2.45) is 0 Å². The number of hydrogen-bond donors (Lipinski definition) is 2. The van der Waals surface area contributed by atoms with E-state index in [-0.39, 0.29) is 18.9 Å². The monoisotopic (exact) mass is 250 g/mol. The second-order valence-electron chi connectivity index (χ2n) is 4.64. The van der Waals surface area contributed by atoms with Crippen LogP contribution in [0.15, 0.2) is 18.3 Å². The van der Waals surface area contributed by atoms with Gasteiger partial charge in [0.2, 0.25) is 5.91 Å². The lowest BCUT2D eigenvalue weighted by atomic mass is 9.93. The van der Waals surface area contributed by atoms with Gasteiger partial charge in [-0.1, -0.05) is 19.9 Å². The zero-order valence-electron chi connectivity index (χ0n) is 11.4. The highest BCUT2D eigenvalue weighted by Crippen LogP contribution is 2.14. The van der Waals surface area contributed by atoms with Gasteiger partial charge in [0.25, 0.3) is 0 Å². The first-order valence-electron chi connectivity index (χ1n) is 6.39. The summed E-state index contributed by atoms with van der Waals surface area (Å²) in [6, 6.07) is 3.79. The summed E-state index contributed by atoms with van der Waals surface area (Å²) in [6.45, 7) is 5.83. The largest absolute Gasteiger partial charge is 0.394 e. The van der Waals surface area contributed by atoms with Gasteiger partial charge < -0.3 is 10.4 Å². The van der Waals surface area contributed by atoms with Gasteiger partial charge >= 0.3 is 0 Å². The summed E-state index contributed by atoms with van der Waals surface area (Å²) in [5.41, 5.74) is 1.30. The highest BCUT2D eigenvalue weighted by Gasteiger charge is 2.27. The maximum absolute atomic E-state index is 12.0. The number of aromatic nitrogens is 1. The Morgan fingerprint density at radius 2 is 2.11 bits per heavy atom. The van der Waals surface area contributed by atoms with Gasteiger partial charge in [0, 0.05) is 6.20 Å². The molecule has 0 bridgehead atoms. The maximum atomic E-state index is 12.0. The Morgan fingerprint density at radius 1 is 1.44 bits per heavy atom. The van der Waals surface area contributed by atoms with Gasteiger partial charge in [0.05, 0.1) is 24.3 Å². The van der Waals surface area contributed by atoms with Crippen LogP contribution >= 0.6 is 0 Å². The Kier molecular flexibility index (Phi) is 5.28. The molecule has 0 aromatic carbocycles. The summed E-state index contributed by atoms with van der Waals surface area (Å²) in [6.07, 6.45) is 3.38. The van der Waals surface area contributed by atoms with E-state index in [4.69, 9.17) is 0 Å². The Hall–Kier alpha value is -1.42. The van der Waals surface area contributed by atoms with Crippen LogP contribution in [0, 0.1) is 6.92 Å². The van der Waals surface area contributed by atoms with Crippen molar-refractivity contribution < 1.29 is 9.90 Å². The molecule has 0 atom stereocenters. The molecule has 0 saturated heterocycles. The highest BCUT2D eigenvalue weighted by molar-refractivity contribution is 5.79. The van der Waals surface area contributed by atoms with E-state index in [0.29, 0.717) is 12.8 Å². The van der Waals surface area contributed by atoms with Gasteiger partial charge in [-0.3, -0.25) is 9.78 Å². The minimum atomic E-state index is -0.500. The van der Waals surface area contributed by atoms with Gasteiger partial charge in [0.1, 0.15) is 0 Å². The van der Waals surface area contributed by atoms with Gasteiger partial charge in [-0.05, 0) is 31.4 Å². The average Bonchev–Trinajstić information content (AvgIpc) is 2.39. The third kappa shape index (κ3) is 3.53. The normalized spacial score (nSPS) is 11.3. The number of rotatable bonds is 6. The lowest BCUT2D eigenvalue weighted by Crippen LogP contribution is -2.51. The van der Waals surface area contributed by atoms with Gasteiger partial charge in [-0.2, -0.15) is 0 Å². The van der Waals surface area contributed by atoms with Crippen molar-refractivity contribution in [1.29, 1.82) is 0 Å². The molecule has 0 unspecified atom stereocenters. The molecule has 4 heteroatoms. The predicted molar refractivity (Wildman–Crippen MR) is 71.2 cm³/mol. The van der Waals surface area contributed by atoms with E-state index in [1.165, 1.54) is 0 Å². The summed E-state index contributed by atoms with van der Waals surface area (Å²) in [4.78, 5) is 16.2. The van der Waals surface area contributed by atoms with E-state index in [1.807, 2.05) is 32.9 Å². The number of amides is 1. The molecule has 0 aliphatic rings. The standard InChI is InChI=1S/C14H22N2O2/c1-4-14(5-2,10-17)16-13(18)9-12-11(3)7-6-8-15-12/h6-8,17H,4-5,9-10H2,1-3H3,(H,16,18). The summed E-state index contributed by atoms with van der Waals surface area (Å²) < 4.78 is 0. The number of carbonyl (C=O) groups excluding carboxylic acids is 1. The Balaban J connectivity index is 2.70. The summed E-state index contributed by atoms with van der Waals surface area (Å²) in [7, 11) is 0. The lowest BCUT2D eigenvalue weighted by Gasteiger charge is -2.30. The van der Waals surface area contributed by atoms with Crippen LogP contribution in [0.1, 0.15) is 37.9 Å². The van der Waals surface area contributed by atoms with Crippen molar-refractivity contribution in [3.63, 3.8) is 0 Å². The van der Waals surface area contributed by atoms with Gasteiger partial charge in [-0.15, -0.1) is 0 Å². The summed E-state index contributed by atoms with van der Waals surface area (Å²) in [5, 5.41) is 12.3. The lowest BCUT2D eigenvalue weighted by molar-refractivity contribution is -0.123.